The average molecular weight is 254 g/mol. The molecule has 5 nitrogen and oxygen atoms in total. The maximum atomic E-state index is 10.5. The predicted octanol–water partition coefficient (Wildman–Crippen LogP) is 2.45. The first kappa shape index (κ1) is 11.9. The molecule has 0 saturated carbocycles. The van der Waals surface area contributed by atoms with Gasteiger partial charge in [-0.3, -0.25) is 15.1 Å². The fourth-order valence-electron chi connectivity index (χ4n) is 1.93. The van der Waals surface area contributed by atoms with Crippen molar-refractivity contribution in [2.75, 3.05) is 6.54 Å². The second-order valence-electron chi connectivity index (χ2n) is 3.90. The summed E-state index contributed by atoms with van der Waals surface area (Å²) in [4.78, 5) is 16.1. The van der Waals surface area contributed by atoms with Crippen LogP contribution in [-0.2, 0) is 6.54 Å². The van der Waals surface area contributed by atoms with Crippen molar-refractivity contribution >= 4 is 11.6 Å². The molecule has 2 heterocycles. The van der Waals surface area contributed by atoms with Crippen molar-refractivity contribution in [3.63, 3.8) is 0 Å². The van der Waals surface area contributed by atoms with E-state index in [1.54, 1.807) is 18.5 Å². The summed E-state index contributed by atoms with van der Waals surface area (Å²) in [5.41, 5.74) is 1.65. The van der Waals surface area contributed by atoms with E-state index in [1.165, 1.54) is 0 Å². The third-order valence-corrected chi connectivity index (χ3v) is 3.10. The zero-order chi connectivity index (χ0) is 12.3. The molecule has 1 aliphatic heterocycles. The molecule has 1 saturated heterocycles. The summed E-state index contributed by atoms with van der Waals surface area (Å²) in [5, 5.41) is 11.1. The molecule has 1 aromatic heterocycles. The molecule has 90 valence electrons. The molecule has 1 aliphatic rings. The summed E-state index contributed by atoms with van der Waals surface area (Å²) >= 11 is 6.04. The zero-order valence-electron chi connectivity index (χ0n) is 9.17. The van der Waals surface area contributed by atoms with Crippen LogP contribution in [-0.4, -0.2) is 21.4 Å². The molecule has 17 heavy (non-hydrogen) atoms. The number of hydrogen-bond donors (Lipinski definition) is 0. The van der Waals surface area contributed by atoms with E-state index in [0.717, 1.165) is 36.8 Å². The Bertz CT molecular complexity index is 462. The van der Waals surface area contributed by atoms with Gasteiger partial charge in [-0.1, -0.05) is 11.6 Å². The molecule has 6 heteroatoms. The smallest absolute Gasteiger partial charge is 0.253 e. The van der Waals surface area contributed by atoms with Crippen molar-refractivity contribution in [3.05, 3.63) is 51.1 Å². The third kappa shape index (κ3) is 2.94. The lowest BCUT2D eigenvalue weighted by atomic mass is 10.2. The van der Waals surface area contributed by atoms with Crippen LogP contribution in [0.3, 0.4) is 0 Å². The molecule has 0 N–H and O–H groups in total. The molecule has 0 bridgehead atoms. The van der Waals surface area contributed by atoms with Gasteiger partial charge in [0.05, 0.1) is 10.6 Å². The molecule has 1 aromatic rings. The van der Waals surface area contributed by atoms with Gasteiger partial charge in [0.25, 0.3) is 6.20 Å². The lowest BCUT2D eigenvalue weighted by molar-refractivity contribution is -0.404. The summed E-state index contributed by atoms with van der Waals surface area (Å²) in [5.74, 6) is 0. The molecule has 0 aromatic carbocycles. The number of hydrogen-bond acceptors (Lipinski definition) is 4. The fourth-order valence-corrected chi connectivity index (χ4v) is 2.10. The van der Waals surface area contributed by atoms with Gasteiger partial charge in [0, 0.05) is 36.1 Å². The highest BCUT2D eigenvalue weighted by molar-refractivity contribution is 6.31. The van der Waals surface area contributed by atoms with Crippen molar-refractivity contribution in [1.82, 2.24) is 9.88 Å². The van der Waals surface area contributed by atoms with E-state index >= 15 is 0 Å². The molecule has 2 rings (SSSR count). The van der Waals surface area contributed by atoms with Crippen LogP contribution < -0.4 is 0 Å². The van der Waals surface area contributed by atoms with Gasteiger partial charge in [0.2, 0.25) is 0 Å². The van der Waals surface area contributed by atoms with Gasteiger partial charge in [-0.15, -0.1) is 0 Å². The monoisotopic (exact) mass is 253 g/mol. The summed E-state index contributed by atoms with van der Waals surface area (Å²) in [7, 11) is 0. The molecule has 1 fully saturated rings. The Balaban J connectivity index is 2.13. The lowest BCUT2D eigenvalue weighted by Gasteiger charge is -2.18. The first-order valence-electron chi connectivity index (χ1n) is 5.34. The molecule has 0 aliphatic carbocycles. The maximum absolute atomic E-state index is 10.5. The van der Waals surface area contributed by atoms with Gasteiger partial charge in [-0.05, 0) is 18.9 Å². The summed E-state index contributed by atoms with van der Waals surface area (Å²) < 4.78 is 0. The number of nitro groups is 1. The van der Waals surface area contributed by atoms with Crippen molar-refractivity contribution in [1.29, 1.82) is 0 Å². The van der Waals surface area contributed by atoms with Gasteiger partial charge < -0.3 is 4.90 Å². The van der Waals surface area contributed by atoms with Crippen LogP contribution in [0.2, 0.25) is 5.02 Å². The first-order valence-corrected chi connectivity index (χ1v) is 5.72. The van der Waals surface area contributed by atoms with Gasteiger partial charge in [-0.25, -0.2) is 0 Å². The number of allylic oxidation sites excluding steroid dienone is 1. The van der Waals surface area contributed by atoms with Crippen LogP contribution in [0.4, 0.5) is 0 Å². The van der Waals surface area contributed by atoms with Crippen LogP contribution in [0.15, 0.2) is 30.4 Å². The molecule has 0 spiro atoms. The van der Waals surface area contributed by atoms with Gasteiger partial charge in [-0.2, -0.15) is 0 Å². The Hall–Kier alpha value is -1.62. The van der Waals surface area contributed by atoms with Crippen molar-refractivity contribution in [3.8, 4) is 0 Å². The minimum absolute atomic E-state index is 0.404. The Kier molecular flexibility index (Phi) is 3.58. The minimum atomic E-state index is -0.404. The number of likely N-dealkylation sites (tertiary alicyclic amines) is 1. The van der Waals surface area contributed by atoms with Crippen LogP contribution >= 0.6 is 11.6 Å². The summed E-state index contributed by atoms with van der Waals surface area (Å²) in [6, 6.07) is 1.73. The van der Waals surface area contributed by atoms with E-state index in [0.29, 0.717) is 11.6 Å². The van der Waals surface area contributed by atoms with E-state index in [-0.39, 0.29) is 0 Å². The summed E-state index contributed by atoms with van der Waals surface area (Å²) in [6.07, 6.45) is 6.10. The average Bonchev–Trinajstić information content (AvgIpc) is 2.68. The topological polar surface area (TPSA) is 59.3 Å². The first-order chi connectivity index (χ1) is 8.16. The number of aromatic nitrogens is 1. The second-order valence-corrected chi connectivity index (χ2v) is 4.31. The molecule has 0 atom stereocenters. The van der Waals surface area contributed by atoms with Crippen LogP contribution in [0.1, 0.15) is 18.4 Å². The highest BCUT2D eigenvalue weighted by atomic mass is 35.5. The quantitative estimate of drug-likeness (QED) is 0.613. The Labute approximate surface area is 104 Å². The highest BCUT2D eigenvalue weighted by Crippen LogP contribution is 2.25. The Morgan fingerprint density at radius 3 is 3.18 bits per heavy atom. The molecule has 0 unspecified atom stereocenters. The van der Waals surface area contributed by atoms with E-state index in [1.807, 2.05) is 4.90 Å². The van der Waals surface area contributed by atoms with E-state index in [2.05, 4.69) is 4.98 Å². The van der Waals surface area contributed by atoms with Crippen molar-refractivity contribution < 1.29 is 4.92 Å². The van der Waals surface area contributed by atoms with Gasteiger partial charge in [0.1, 0.15) is 0 Å². The SMILES string of the molecule is O=[N+]([O-])/C=C1/CCCN1Cc1cnccc1Cl. The number of rotatable bonds is 3. The standard InChI is InChI=1S/C11H12ClN3O2/c12-11-3-4-13-6-9(11)7-14-5-1-2-10(14)8-15(16)17/h3-4,6,8H,1-2,5,7H2/b10-8-. The molecular formula is C11H12ClN3O2. The Morgan fingerprint density at radius 2 is 2.47 bits per heavy atom. The van der Waals surface area contributed by atoms with E-state index < -0.39 is 4.92 Å². The zero-order valence-corrected chi connectivity index (χ0v) is 9.93. The molecular weight excluding hydrogens is 242 g/mol. The van der Waals surface area contributed by atoms with Crippen LogP contribution in [0.25, 0.3) is 0 Å². The van der Waals surface area contributed by atoms with Gasteiger partial charge >= 0.3 is 0 Å². The molecule has 0 radical (unpaired) electrons. The van der Waals surface area contributed by atoms with Crippen LogP contribution in [0, 0.1) is 10.1 Å². The number of halogens is 1. The summed E-state index contributed by atoms with van der Waals surface area (Å²) in [6.45, 7) is 1.40. The van der Waals surface area contributed by atoms with Crippen molar-refractivity contribution in [2.24, 2.45) is 0 Å². The number of pyridine rings is 1. The highest BCUT2D eigenvalue weighted by Gasteiger charge is 2.20. The lowest BCUT2D eigenvalue weighted by Crippen LogP contribution is -2.18. The van der Waals surface area contributed by atoms with Crippen molar-refractivity contribution in [2.45, 2.75) is 19.4 Å². The van der Waals surface area contributed by atoms with E-state index in [9.17, 15) is 10.1 Å². The minimum Gasteiger partial charge on any atom is -0.365 e. The van der Waals surface area contributed by atoms with Gasteiger partial charge in [0.15, 0.2) is 0 Å². The number of nitrogens with zero attached hydrogens (tertiary/aromatic N) is 3. The fraction of sp³-hybridized carbons (Fsp3) is 0.364. The third-order valence-electron chi connectivity index (χ3n) is 2.73. The maximum Gasteiger partial charge on any atom is 0.253 e. The molecule has 0 amide bonds. The second kappa shape index (κ2) is 5.14. The largest absolute Gasteiger partial charge is 0.365 e. The van der Waals surface area contributed by atoms with Crippen LogP contribution in [0.5, 0.6) is 0 Å². The Morgan fingerprint density at radius 1 is 1.65 bits per heavy atom. The normalized spacial score (nSPS) is 17.7. The van der Waals surface area contributed by atoms with E-state index in [4.69, 9.17) is 11.6 Å². The predicted molar refractivity (Wildman–Crippen MR) is 64.0 cm³/mol.